The molecule has 9 heteroatoms. The minimum Gasteiger partial charge on any atom is -0.493 e. The molecule has 0 radical (unpaired) electrons. The molecule has 1 saturated heterocycles. The average Bonchev–Trinajstić information content (AvgIpc) is 3.19. The molecule has 3 rings (SSSR count). The zero-order valence-corrected chi connectivity index (χ0v) is 15.4. The number of amides is 1. The molecule has 1 aliphatic rings. The van der Waals surface area contributed by atoms with E-state index in [0.717, 1.165) is 23.8 Å². The Hall–Kier alpha value is -2.65. The minimum atomic E-state index is -0.350. The normalized spacial score (nSPS) is 14.5. The van der Waals surface area contributed by atoms with Crippen LogP contribution in [0.5, 0.6) is 11.5 Å². The summed E-state index contributed by atoms with van der Waals surface area (Å²) in [6.45, 7) is 2.92. The first-order valence-corrected chi connectivity index (χ1v) is 8.93. The number of aromatic nitrogens is 1. The van der Waals surface area contributed by atoms with Crippen LogP contribution < -0.4 is 19.8 Å². The summed E-state index contributed by atoms with van der Waals surface area (Å²) in [5.41, 5.74) is 3.61. The smallest absolute Gasteiger partial charge is 0.290 e. The third kappa shape index (κ3) is 4.30. The highest BCUT2D eigenvalue weighted by Gasteiger charge is 2.17. The largest absolute Gasteiger partial charge is 0.493 e. The van der Waals surface area contributed by atoms with Crippen molar-refractivity contribution in [1.29, 1.82) is 0 Å². The number of benzene rings is 1. The fraction of sp³-hybridized carbons (Fsp3) is 0.353. The van der Waals surface area contributed by atoms with Gasteiger partial charge in [0.2, 0.25) is 0 Å². The molecule has 1 amide bonds. The number of methoxy groups -OCH3 is 2. The molecule has 0 saturated carbocycles. The number of ether oxygens (including phenoxy) is 3. The fourth-order valence-electron chi connectivity index (χ4n) is 2.42. The van der Waals surface area contributed by atoms with Gasteiger partial charge in [0, 0.05) is 18.5 Å². The van der Waals surface area contributed by atoms with Gasteiger partial charge >= 0.3 is 0 Å². The number of hydrazone groups is 1. The van der Waals surface area contributed by atoms with E-state index in [1.54, 1.807) is 31.7 Å². The summed E-state index contributed by atoms with van der Waals surface area (Å²) in [6.07, 6.45) is 1.54. The molecular weight excluding hydrogens is 356 g/mol. The predicted molar refractivity (Wildman–Crippen MR) is 99.8 cm³/mol. The van der Waals surface area contributed by atoms with E-state index in [2.05, 4.69) is 20.4 Å². The van der Waals surface area contributed by atoms with E-state index in [4.69, 9.17) is 14.2 Å². The number of carbonyl (C=O) groups excluding carboxylic acids is 1. The second kappa shape index (κ2) is 8.63. The van der Waals surface area contributed by atoms with Gasteiger partial charge in [0.1, 0.15) is 5.69 Å². The fourth-order valence-corrected chi connectivity index (χ4v) is 3.28. The first-order chi connectivity index (χ1) is 12.7. The van der Waals surface area contributed by atoms with Gasteiger partial charge in [0.15, 0.2) is 16.6 Å². The lowest BCUT2D eigenvalue weighted by Gasteiger charge is -2.25. The first-order valence-electron chi connectivity index (χ1n) is 8.05. The third-order valence-electron chi connectivity index (χ3n) is 3.79. The van der Waals surface area contributed by atoms with Crippen molar-refractivity contribution < 1.29 is 19.0 Å². The average molecular weight is 376 g/mol. The van der Waals surface area contributed by atoms with Crippen LogP contribution in [-0.4, -0.2) is 57.6 Å². The second-order valence-corrected chi connectivity index (χ2v) is 6.26. The van der Waals surface area contributed by atoms with Gasteiger partial charge in [-0.2, -0.15) is 5.10 Å². The standard InChI is InChI=1S/C17H20N4O4S/c1-23-14-4-3-12(9-15(14)24-2)10-18-20-16(22)13-11-26-17(19-13)21-5-7-25-8-6-21/h3-4,9-11H,5-8H2,1-2H3,(H,20,22)/b18-10+. The van der Waals surface area contributed by atoms with E-state index in [0.29, 0.717) is 30.4 Å². The van der Waals surface area contributed by atoms with Crippen molar-refractivity contribution in [2.24, 2.45) is 5.10 Å². The number of anilines is 1. The third-order valence-corrected chi connectivity index (χ3v) is 4.70. The summed E-state index contributed by atoms with van der Waals surface area (Å²) in [4.78, 5) is 18.7. The Labute approximate surface area is 155 Å². The second-order valence-electron chi connectivity index (χ2n) is 5.43. The summed E-state index contributed by atoms with van der Waals surface area (Å²) >= 11 is 1.44. The Bertz CT molecular complexity index is 787. The van der Waals surface area contributed by atoms with Crippen LogP contribution in [0.4, 0.5) is 5.13 Å². The van der Waals surface area contributed by atoms with Gasteiger partial charge in [-0.05, 0) is 23.8 Å². The Kier molecular flexibility index (Phi) is 6.03. The van der Waals surface area contributed by atoms with Crippen molar-refractivity contribution >= 4 is 28.6 Å². The minimum absolute atomic E-state index is 0.348. The van der Waals surface area contributed by atoms with E-state index in [1.165, 1.54) is 17.6 Å². The highest BCUT2D eigenvalue weighted by Crippen LogP contribution is 2.26. The van der Waals surface area contributed by atoms with Gasteiger partial charge < -0.3 is 19.1 Å². The number of carbonyl (C=O) groups is 1. The maximum Gasteiger partial charge on any atom is 0.290 e. The van der Waals surface area contributed by atoms with Crippen LogP contribution in [0.25, 0.3) is 0 Å². The molecule has 138 valence electrons. The van der Waals surface area contributed by atoms with E-state index < -0.39 is 0 Å². The summed E-state index contributed by atoms with van der Waals surface area (Å²) in [5.74, 6) is 0.877. The van der Waals surface area contributed by atoms with Gasteiger partial charge in [0.25, 0.3) is 5.91 Å². The van der Waals surface area contributed by atoms with E-state index in [9.17, 15) is 4.79 Å². The molecule has 8 nitrogen and oxygen atoms in total. The topological polar surface area (TPSA) is 85.3 Å². The molecule has 0 atom stereocenters. The summed E-state index contributed by atoms with van der Waals surface area (Å²) in [7, 11) is 3.14. The predicted octanol–water partition coefficient (Wildman–Crippen LogP) is 1.76. The van der Waals surface area contributed by atoms with Crippen LogP contribution in [0, 0.1) is 0 Å². The van der Waals surface area contributed by atoms with Gasteiger partial charge in [0.05, 0.1) is 33.6 Å². The maximum absolute atomic E-state index is 12.2. The van der Waals surface area contributed by atoms with Crippen molar-refractivity contribution in [3.63, 3.8) is 0 Å². The zero-order valence-electron chi connectivity index (χ0n) is 14.6. The number of hydrogen-bond donors (Lipinski definition) is 1. The van der Waals surface area contributed by atoms with Crippen LogP contribution in [0.2, 0.25) is 0 Å². The molecule has 1 aromatic heterocycles. The van der Waals surface area contributed by atoms with Crippen LogP contribution in [0.1, 0.15) is 16.1 Å². The van der Waals surface area contributed by atoms with Crippen molar-refractivity contribution in [2.75, 3.05) is 45.4 Å². The van der Waals surface area contributed by atoms with Gasteiger partial charge in [-0.25, -0.2) is 10.4 Å². The SMILES string of the molecule is COc1ccc(/C=N/NC(=O)c2csc(N3CCOCC3)n2)cc1OC. The molecule has 2 heterocycles. The Morgan fingerprint density at radius 1 is 1.31 bits per heavy atom. The van der Waals surface area contributed by atoms with Crippen LogP contribution in [-0.2, 0) is 4.74 Å². The van der Waals surface area contributed by atoms with Crippen LogP contribution >= 0.6 is 11.3 Å². The van der Waals surface area contributed by atoms with Crippen molar-refractivity contribution in [1.82, 2.24) is 10.4 Å². The summed E-state index contributed by atoms with van der Waals surface area (Å²) in [5, 5.41) is 6.53. The number of morpholine rings is 1. The molecule has 0 bridgehead atoms. The maximum atomic E-state index is 12.2. The number of nitrogens with one attached hydrogen (secondary N) is 1. The molecule has 1 N–H and O–H groups in total. The van der Waals surface area contributed by atoms with E-state index >= 15 is 0 Å². The van der Waals surface area contributed by atoms with Crippen molar-refractivity contribution in [2.45, 2.75) is 0 Å². The zero-order chi connectivity index (χ0) is 18.4. The highest BCUT2D eigenvalue weighted by molar-refractivity contribution is 7.13. The number of rotatable bonds is 6. The molecule has 1 fully saturated rings. The van der Waals surface area contributed by atoms with E-state index in [-0.39, 0.29) is 5.91 Å². The highest BCUT2D eigenvalue weighted by atomic mass is 32.1. The lowest BCUT2D eigenvalue weighted by atomic mass is 10.2. The van der Waals surface area contributed by atoms with Crippen molar-refractivity contribution in [3.05, 3.63) is 34.8 Å². The molecule has 1 aromatic carbocycles. The number of hydrogen-bond acceptors (Lipinski definition) is 8. The molecule has 1 aliphatic heterocycles. The van der Waals surface area contributed by atoms with Gasteiger partial charge in [-0.1, -0.05) is 0 Å². The summed E-state index contributed by atoms with van der Waals surface area (Å²) < 4.78 is 15.7. The number of thiazole rings is 1. The lowest BCUT2D eigenvalue weighted by Crippen LogP contribution is -2.36. The summed E-state index contributed by atoms with van der Waals surface area (Å²) in [6, 6.07) is 5.36. The van der Waals surface area contributed by atoms with E-state index in [1.807, 2.05) is 6.07 Å². The van der Waals surface area contributed by atoms with Gasteiger partial charge in [-0.3, -0.25) is 4.79 Å². The molecule has 0 aliphatic carbocycles. The number of nitrogens with zero attached hydrogens (tertiary/aromatic N) is 3. The first kappa shape index (κ1) is 18.2. The van der Waals surface area contributed by atoms with Crippen molar-refractivity contribution in [3.8, 4) is 11.5 Å². The van der Waals surface area contributed by atoms with Crippen LogP contribution in [0.3, 0.4) is 0 Å². The molecule has 0 unspecified atom stereocenters. The molecule has 26 heavy (non-hydrogen) atoms. The monoisotopic (exact) mass is 376 g/mol. The molecule has 0 spiro atoms. The lowest BCUT2D eigenvalue weighted by molar-refractivity contribution is 0.0951. The molecular formula is C17H20N4O4S. The Morgan fingerprint density at radius 3 is 2.81 bits per heavy atom. The van der Waals surface area contributed by atoms with Gasteiger partial charge in [-0.15, -0.1) is 11.3 Å². The Balaban J connectivity index is 1.60. The Morgan fingerprint density at radius 2 is 2.08 bits per heavy atom. The van der Waals surface area contributed by atoms with Crippen LogP contribution in [0.15, 0.2) is 28.7 Å². The molecule has 2 aromatic rings. The quantitative estimate of drug-likeness (QED) is 0.611.